The number of rotatable bonds is 24. The summed E-state index contributed by atoms with van der Waals surface area (Å²) in [6.07, 6.45) is 15.9. The van der Waals surface area contributed by atoms with E-state index in [1.54, 1.807) is 182 Å². The van der Waals surface area contributed by atoms with Crippen molar-refractivity contribution in [3.8, 4) is 11.5 Å². The molecule has 0 amide bonds. The Bertz CT molecular complexity index is 3980. The SMILES string of the molecule is C.C.CC(=O)/C=C/c1ccc(C(=O)Oc2ccc(C(=O)/C=C/c3ccc(COO)cc3)cc2)cc1.O=C(/C=C/c1ccc(C(=O)Oc2ccc(C(=O)/C=C/c3ccc(COO)cc3)cc2)cc1)c1ccccc1.O=C(/C=C/c1ccc(COO)cc1)c1ccccc1. The second-order valence-corrected chi connectivity index (χ2v) is 19.6. The van der Waals surface area contributed by atoms with Crippen molar-refractivity contribution in [2.24, 2.45) is 0 Å². The molecule has 0 fully saturated rings. The Morgan fingerprint density at radius 3 is 0.772 bits per heavy atom. The van der Waals surface area contributed by atoms with Gasteiger partial charge in [0.15, 0.2) is 28.9 Å². The summed E-state index contributed by atoms with van der Waals surface area (Å²) in [6, 6.07) is 65.9. The number of benzene rings is 9. The Hall–Kier alpha value is -11.3. The minimum absolute atomic E-state index is 0. The molecule has 0 spiro atoms. The van der Waals surface area contributed by atoms with E-state index in [9.17, 15) is 33.6 Å². The van der Waals surface area contributed by atoms with E-state index in [1.807, 2.05) is 84.9 Å². The van der Waals surface area contributed by atoms with Crippen LogP contribution in [0.4, 0.5) is 0 Å². The Kier molecular flexibility index (Phi) is 29.7. The molecule has 9 aromatic rings. The Labute approximate surface area is 534 Å². The maximum Gasteiger partial charge on any atom is 0.343 e. The Morgan fingerprint density at radius 2 is 0.522 bits per heavy atom. The molecule has 0 aliphatic rings. The third-order valence-corrected chi connectivity index (χ3v) is 13.0. The van der Waals surface area contributed by atoms with Crippen molar-refractivity contribution in [1.29, 1.82) is 0 Å². The molecular weight excluding hydrogens is 1160 g/mol. The van der Waals surface area contributed by atoms with Gasteiger partial charge in [-0.15, -0.1) is 0 Å². The fourth-order valence-corrected chi connectivity index (χ4v) is 8.06. The van der Waals surface area contributed by atoms with Crippen LogP contribution in [0.3, 0.4) is 0 Å². The van der Waals surface area contributed by atoms with E-state index in [2.05, 4.69) is 14.7 Å². The minimum atomic E-state index is -0.532. The van der Waals surface area contributed by atoms with Gasteiger partial charge in [0.2, 0.25) is 0 Å². The normalized spacial score (nSPS) is 10.8. The highest BCUT2D eigenvalue weighted by Crippen LogP contribution is 2.20. The van der Waals surface area contributed by atoms with E-state index in [0.29, 0.717) is 44.9 Å². The van der Waals surface area contributed by atoms with Gasteiger partial charge in [-0.3, -0.25) is 39.7 Å². The smallest absolute Gasteiger partial charge is 0.343 e. The highest BCUT2D eigenvalue weighted by Gasteiger charge is 2.12. The topological polar surface area (TPSA) is 226 Å². The molecule has 0 aliphatic heterocycles. The fourth-order valence-electron chi connectivity index (χ4n) is 8.06. The molecule has 9 aromatic carbocycles. The van der Waals surface area contributed by atoms with Gasteiger partial charge in [-0.1, -0.05) is 203 Å². The van der Waals surface area contributed by atoms with Crippen LogP contribution in [-0.4, -0.2) is 56.6 Å². The second-order valence-electron chi connectivity index (χ2n) is 19.6. The first-order chi connectivity index (χ1) is 43.7. The molecule has 0 heterocycles. The van der Waals surface area contributed by atoms with Gasteiger partial charge < -0.3 is 9.47 Å². The van der Waals surface area contributed by atoms with Gasteiger partial charge in [0, 0.05) is 22.3 Å². The third-order valence-electron chi connectivity index (χ3n) is 13.0. The van der Waals surface area contributed by atoms with Gasteiger partial charge in [0.25, 0.3) is 0 Å². The summed E-state index contributed by atoms with van der Waals surface area (Å²) in [5.41, 5.74) is 9.56. The van der Waals surface area contributed by atoms with Crippen molar-refractivity contribution >= 4 is 71.2 Å². The molecule has 0 atom stereocenters. The lowest BCUT2D eigenvalue weighted by molar-refractivity contribution is -0.253. The summed E-state index contributed by atoms with van der Waals surface area (Å²) in [7, 11) is 0. The Morgan fingerprint density at radius 1 is 0.293 bits per heavy atom. The standard InChI is InChI=1S/C32H24O6.C27H22O6.C16H14O3.2CH4/c33-30(26-4-2-1-3-5-26)20-13-24-10-14-28(15-11-24)32(35)38-29-18-16-27(17-19-29)31(34)21-12-23-6-8-25(9-7-23)22-37-36;1-19(28)2-3-20-8-11-24(12-9-20)27(30)33-25-15-13-23(14-16-25)26(29)17-10-21-4-6-22(7-5-21)18-32-31;17-16(15-4-2-1-3-5-15)11-10-13-6-8-14(9-7-13)12-19-18;;/h1-21,36H,22H2;2-17,31H,18H2,1H3;1-11,18H,12H2;2*1H4/b20-13+,21-12+;3-2+,17-10+;11-10+;;. The average molecular weight is 1230 g/mol. The second kappa shape index (κ2) is 38.2. The molecule has 0 radical (unpaired) electrons. The molecule has 0 aliphatic carbocycles. The number of allylic oxidation sites excluding steroid dienone is 5. The van der Waals surface area contributed by atoms with Crippen molar-refractivity contribution < 1.29 is 73.5 Å². The van der Waals surface area contributed by atoms with Crippen LogP contribution in [0.2, 0.25) is 0 Å². The molecule has 0 bridgehead atoms. The number of ketones is 5. The quantitative estimate of drug-likeness (QED) is 0.0128. The molecule has 0 aromatic heterocycles. The predicted molar refractivity (Wildman–Crippen MR) is 357 cm³/mol. The van der Waals surface area contributed by atoms with Crippen molar-refractivity contribution in [1.82, 2.24) is 0 Å². The zero-order valence-electron chi connectivity index (χ0n) is 48.6. The molecule has 0 saturated carbocycles. The lowest BCUT2D eigenvalue weighted by Crippen LogP contribution is -2.08. The Balaban J connectivity index is 0.000000260. The van der Waals surface area contributed by atoms with Crippen LogP contribution >= 0.6 is 0 Å². The molecule has 15 nitrogen and oxygen atoms in total. The van der Waals surface area contributed by atoms with Crippen LogP contribution in [0, 0.1) is 0 Å². The van der Waals surface area contributed by atoms with Crippen molar-refractivity contribution in [3.63, 3.8) is 0 Å². The van der Waals surface area contributed by atoms with E-state index < -0.39 is 11.9 Å². The monoisotopic (exact) mass is 1230 g/mol. The minimum Gasteiger partial charge on any atom is -0.423 e. The van der Waals surface area contributed by atoms with Crippen molar-refractivity contribution in [2.75, 3.05) is 0 Å². The molecule has 15 heteroatoms. The van der Waals surface area contributed by atoms with Gasteiger partial charge in [-0.25, -0.2) is 24.3 Å². The summed E-state index contributed by atoms with van der Waals surface area (Å²) in [6.45, 7) is 1.82. The molecule has 466 valence electrons. The van der Waals surface area contributed by atoms with Gasteiger partial charge in [0.1, 0.15) is 31.3 Å². The van der Waals surface area contributed by atoms with Crippen LogP contribution in [0.5, 0.6) is 11.5 Å². The van der Waals surface area contributed by atoms with E-state index in [1.165, 1.54) is 31.2 Å². The van der Waals surface area contributed by atoms with Gasteiger partial charge >= 0.3 is 11.9 Å². The number of hydrogen-bond donors (Lipinski definition) is 3. The largest absolute Gasteiger partial charge is 0.423 e. The lowest BCUT2D eigenvalue weighted by atomic mass is 10.1. The summed E-state index contributed by atoms with van der Waals surface area (Å²) in [4.78, 5) is 97.0. The number of carbonyl (C=O) groups excluding carboxylic acids is 7. The van der Waals surface area contributed by atoms with Gasteiger partial charge in [0.05, 0.1) is 11.1 Å². The van der Waals surface area contributed by atoms with E-state index in [4.69, 9.17) is 25.2 Å². The van der Waals surface area contributed by atoms with Crippen LogP contribution in [0.15, 0.2) is 261 Å². The number of ether oxygens (including phenoxy) is 2. The van der Waals surface area contributed by atoms with Gasteiger partial charge in [-0.2, -0.15) is 0 Å². The van der Waals surface area contributed by atoms with Crippen LogP contribution in [0.1, 0.15) is 128 Å². The zero-order valence-corrected chi connectivity index (χ0v) is 48.6. The zero-order chi connectivity index (χ0) is 63.9. The third kappa shape index (κ3) is 24.0. The number of hydrogen-bond acceptors (Lipinski definition) is 15. The summed E-state index contributed by atoms with van der Waals surface area (Å²) in [5, 5.41) is 25.3. The van der Waals surface area contributed by atoms with E-state index in [0.717, 1.165) is 44.5 Å². The van der Waals surface area contributed by atoms with E-state index in [-0.39, 0.29) is 63.6 Å². The van der Waals surface area contributed by atoms with Crippen molar-refractivity contribution in [3.05, 3.63) is 339 Å². The first kappa shape index (κ1) is 71.5. The summed E-state index contributed by atoms with van der Waals surface area (Å²) >= 11 is 0. The highest BCUT2D eigenvalue weighted by molar-refractivity contribution is 6.09. The summed E-state index contributed by atoms with van der Waals surface area (Å²) < 4.78 is 10.8. The van der Waals surface area contributed by atoms with Crippen LogP contribution in [0.25, 0.3) is 30.4 Å². The number of esters is 2. The maximum absolute atomic E-state index is 12.5. The molecule has 92 heavy (non-hydrogen) atoms. The molecular formula is C77H68O15. The molecule has 3 N–H and O–H groups in total. The first-order valence-electron chi connectivity index (χ1n) is 27.8. The van der Waals surface area contributed by atoms with Gasteiger partial charge in [-0.05, 0) is 155 Å². The number of carbonyl (C=O) groups is 7. The van der Waals surface area contributed by atoms with Crippen LogP contribution in [-0.2, 0) is 39.3 Å². The average Bonchev–Trinajstić information content (AvgIpc) is 2.07. The highest BCUT2D eigenvalue weighted by atomic mass is 17.1. The molecule has 9 rings (SSSR count). The van der Waals surface area contributed by atoms with E-state index >= 15 is 0 Å². The van der Waals surface area contributed by atoms with Crippen LogP contribution < -0.4 is 9.47 Å². The van der Waals surface area contributed by atoms with Crippen molar-refractivity contribution in [2.45, 2.75) is 41.6 Å². The first-order valence-corrected chi connectivity index (χ1v) is 27.8. The summed E-state index contributed by atoms with van der Waals surface area (Å²) in [5.74, 6) is -0.985. The molecule has 0 saturated heterocycles. The fraction of sp³-hybridized carbons (Fsp3) is 0.0779. The predicted octanol–water partition coefficient (Wildman–Crippen LogP) is 16.9. The maximum atomic E-state index is 12.5. The lowest BCUT2D eigenvalue weighted by Gasteiger charge is -2.05. The molecule has 0 unspecified atom stereocenters.